The SMILES string of the molecule is O=Cc1ccccc1COC1CCCCC1. The summed E-state index contributed by atoms with van der Waals surface area (Å²) in [6.45, 7) is 0.569. The van der Waals surface area contributed by atoms with Crippen LogP contribution >= 0.6 is 0 Å². The van der Waals surface area contributed by atoms with Crippen LogP contribution in [0, 0.1) is 0 Å². The molecule has 1 saturated carbocycles. The largest absolute Gasteiger partial charge is 0.374 e. The van der Waals surface area contributed by atoms with Crippen LogP contribution in [-0.4, -0.2) is 12.4 Å². The van der Waals surface area contributed by atoms with Gasteiger partial charge in [-0.05, 0) is 18.4 Å². The number of carbonyl (C=O) groups is 1. The highest BCUT2D eigenvalue weighted by Crippen LogP contribution is 2.21. The Morgan fingerprint density at radius 2 is 1.94 bits per heavy atom. The molecule has 0 aliphatic heterocycles. The Hall–Kier alpha value is -1.15. The van der Waals surface area contributed by atoms with Crippen molar-refractivity contribution >= 4 is 6.29 Å². The lowest BCUT2D eigenvalue weighted by Crippen LogP contribution is -2.16. The van der Waals surface area contributed by atoms with Crippen LogP contribution in [0.5, 0.6) is 0 Å². The third-order valence-electron chi connectivity index (χ3n) is 3.21. The molecule has 0 radical (unpaired) electrons. The maximum atomic E-state index is 10.8. The van der Waals surface area contributed by atoms with Crippen LogP contribution in [0.15, 0.2) is 24.3 Å². The molecule has 0 amide bonds. The average Bonchev–Trinajstić information content (AvgIpc) is 2.38. The number of carbonyl (C=O) groups excluding carboxylic acids is 1. The average molecular weight is 218 g/mol. The summed E-state index contributed by atoms with van der Waals surface area (Å²) in [7, 11) is 0. The minimum absolute atomic E-state index is 0.397. The fraction of sp³-hybridized carbons (Fsp3) is 0.500. The second kappa shape index (κ2) is 5.80. The fourth-order valence-corrected chi connectivity index (χ4v) is 2.22. The van der Waals surface area contributed by atoms with E-state index in [9.17, 15) is 4.79 Å². The van der Waals surface area contributed by atoms with Gasteiger partial charge >= 0.3 is 0 Å². The van der Waals surface area contributed by atoms with Gasteiger partial charge in [0.25, 0.3) is 0 Å². The molecule has 0 unspecified atom stereocenters. The predicted molar refractivity (Wildman–Crippen MR) is 63.5 cm³/mol. The summed E-state index contributed by atoms with van der Waals surface area (Å²) in [5, 5.41) is 0. The molecule has 0 saturated heterocycles. The van der Waals surface area contributed by atoms with Crippen molar-refractivity contribution in [1.29, 1.82) is 0 Å². The van der Waals surface area contributed by atoms with Crippen molar-refractivity contribution in [2.75, 3.05) is 0 Å². The predicted octanol–water partition coefficient (Wildman–Crippen LogP) is 3.35. The normalized spacial score (nSPS) is 17.2. The fourth-order valence-electron chi connectivity index (χ4n) is 2.22. The van der Waals surface area contributed by atoms with Crippen molar-refractivity contribution in [1.82, 2.24) is 0 Å². The summed E-state index contributed by atoms with van der Waals surface area (Å²) in [5.74, 6) is 0. The zero-order valence-corrected chi connectivity index (χ0v) is 9.52. The minimum atomic E-state index is 0.397. The van der Waals surface area contributed by atoms with Gasteiger partial charge in [0.1, 0.15) is 6.29 Å². The molecular formula is C14H18O2. The number of hydrogen-bond acceptors (Lipinski definition) is 2. The van der Waals surface area contributed by atoms with Gasteiger partial charge in [-0.2, -0.15) is 0 Å². The van der Waals surface area contributed by atoms with Gasteiger partial charge in [0.05, 0.1) is 12.7 Å². The summed E-state index contributed by atoms with van der Waals surface area (Å²) in [6, 6.07) is 7.64. The van der Waals surface area contributed by atoms with E-state index in [1.807, 2.05) is 24.3 Å². The van der Waals surface area contributed by atoms with Gasteiger partial charge in [-0.25, -0.2) is 0 Å². The Balaban J connectivity index is 1.90. The molecule has 16 heavy (non-hydrogen) atoms. The molecule has 2 nitrogen and oxygen atoms in total. The van der Waals surface area contributed by atoms with Crippen molar-refractivity contribution in [3.63, 3.8) is 0 Å². The number of ether oxygens (including phenoxy) is 1. The zero-order valence-electron chi connectivity index (χ0n) is 9.52. The van der Waals surface area contributed by atoms with Crippen LogP contribution < -0.4 is 0 Å². The highest BCUT2D eigenvalue weighted by Gasteiger charge is 2.14. The summed E-state index contributed by atoms with van der Waals surface area (Å²) < 4.78 is 5.85. The van der Waals surface area contributed by atoms with Crippen molar-refractivity contribution in [3.8, 4) is 0 Å². The summed E-state index contributed by atoms with van der Waals surface area (Å²) in [5.41, 5.74) is 1.75. The van der Waals surface area contributed by atoms with Crippen molar-refractivity contribution in [2.45, 2.75) is 44.8 Å². The van der Waals surface area contributed by atoms with E-state index in [-0.39, 0.29) is 0 Å². The lowest BCUT2D eigenvalue weighted by Gasteiger charge is -2.22. The molecule has 2 heteroatoms. The first-order chi connectivity index (χ1) is 7.90. The molecule has 86 valence electrons. The monoisotopic (exact) mass is 218 g/mol. The third-order valence-corrected chi connectivity index (χ3v) is 3.21. The van der Waals surface area contributed by atoms with Gasteiger partial charge in [0.2, 0.25) is 0 Å². The molecule has 1 fully saturated rings. The molecule has 0 heterocycles. The lowest BCUT2D eigenvalue weighted by atomic mass is 9.98. The molecule has 1 aromatic carbocycles. The highest BCUT2D eigenvalue weighted by molar-refractivity contribution is 5.76. The molecule has 0 spiro atoms. The van der Waals surface area contributed by atoms with E-state index >= 15 is 0 Å². The first-order valence-electron chi connectivity index (χ1n) is 6.05. The first-order valence-corrected chi connectivity index (χ1v) is 6.05. The molecular weight excluding hydrogens is 200 g/mol. The molecule has 1 aromatic rings. The van der Waals surface area contributed by atoms with Crippen LogP contribution in [-0.2, 0) is 11.3 Å². The maximum absolute atomic E-state index is 10.8. The Morgan fingerprint density at radius 1 is 1.19 bits per heavy atom. The van der Waals surface area contributed by atoms with E-state index in [1.165, 1.54) is 32.1 Å². The Labute approximate surface area is 96.6 Å². The van der Waals surface area contributed by atoms with E-state index in [2.05, 4.69) is 0 Å². The number of benzene rings is 1. The molecule has 0 aromatic heterocycles. The smallest absolute Gasteiger partial charge is 0.150 e. The van der Waals surface area contributed by atoms with Crippen LogP contribution in [0.1, 0.15) is 48.0 Å². The molecule has 2 rings (SSSR count). The van der Waals surface area contributed by atoms with Gasteiger partial charge in [-0.15, -0.1) is 0 Å². The lowest BCUT2D eigenvalue weighted by molar-refractivity contribution is 0.0166. The summed E-state index contributed by atoms with van der Waals surface area (Å²) in [6.07, 6.45) is 7.53. The summed E-state index contributed by atoms with van der Waals surface area (Å²) >= 11 is 0. The molecule has 0 N–H and O–H groups in total. The van der Waals surface area contributed by atoms with E-state index < -0.39 is 0 Å². The van der Waals surface area contributed by atoms with Gasteiger partial charge in [0, 0.05) is 5.56 Å². The van der Waals surface area contributed by atoms with E-state index in [0.717, 1.165) is 17.4 Å². The van der Waals surface area contributed by atoms with E-state index in [4.69, 9.17) is 4.74 Å². The number of aldehydes is 1. The Morgan fingerprint density at radius 3 is 2.69 bits per heavy atom. The molecule has 1 aliphatic carbocycles. The van der Waals surface area contributed by atoms with Crippen LogP contribution in [0.25, 0.3) is 0 Å². The Bertz CT molecular complexity index is 340. The van der Waals surface area contributed by atoms with Gasteiger partial charge in [0.15, 0.2) is 0 Å². The van der Waals surface area contributed by atoms with Crippen LogP contribution in [0.3, 0.4) is 0 Å². The molecule has 0 atom stereocenters. The van der Waals surface area contributed by atoms with Crippen molar-refractivity contribution < 1.29 is 9.53 Å². The Kier molecular flexibility index (Phi) is 4.11. The highest BCUT2D eigenvalue weighted by atomic mass is 16.5. The third kappa shape index (κ3) is 2.92. The van der Waals surface area contributed by atoms with Crippen LogP contribution in [0.2, 0.25) is 0 Å². The second-order valence-corrected chi connectivity index (χ2v) is 4.39. The van der Waals surface area contributed by atoms with Crippen LogP contribution in [0.4, 0.5) is 0 Å². The molecule has 0 bridgehead atoms. The van der Waals surface area contributed by atoms with E-state index in [0.29, 0.717) is 12.7 Å². The van der Waals surface area contributed by atoms with Gasteiger partial charge < -0.3 is 4.74 Å². The van der Waals surface area contributed by atoms with E-state index in [1.54, 1.807) is 0 Å². The second-order valence-electron chi connectivity index (χ2n) is 4.39. The van der Waals surface area contributed by atoms with Crippen molar-refractivity contribution in [3.05, 3.63) is 35.4 Å². The summed E-state index contributed by atoms with van der Waals surface area (Å²) in [4.78, 5) is 10.8. The van der Waals surface area contributed by atoms with Gasteiger partial charge in [-0.3, -0.25) is 4.79 Å². The molecule has 1 aliphatic rings. The topological polar surface area (TPSA) is 26.3 Å². The first kappa shape index (κ1) is 11.3. The number of rotatable bonds is 4. The maximum Gasteiger partial charge on any atom is 0.150 e. The zero-order chi connectivity index (χ0) is 11.2. The van der Waals surface area contributed by atoms with Gasteiger partial charge in [-0.1, -0.05) is 43.5 Å². The quantitative estimate of drug-likeness (QED) is 0.724. The van der Waals surface area contributed by atoms with Crippen molar-refractivity contribution in [2.24, 2.45) is 0 Å². The number of hydrogen-bond donors (Lipinski definition) is 0. The minimum Gasteiger partial charge on any atom is -0.374 e. The standard InChI is InChI=1S/C14H18O2/c15-10-12-6-4-5-7-13(12)11-16-14-8-2-1-3-9-14/h4-7,10,14H,1-3,8-9,11H2.